The molecule has 1 unspecified atom stereocenters. The fourth-order valence-corrected chi connectivity index (χ4v) is 0.285. The topological polar surface area (TPSA) is 46.5 Å². The first-order valence-corrected chi connectivity index (χ1v) is 2.33. The number of carbonyl (C=O) groups excluding carboxylic acids is 1. The van der Waals surface area contributed by atoms with E-state index in [0.29, 0.717) is 0 Å². The Morgan fingerprint density at radius 2 is 1.90 bits per heavy atom. The zero-order valence-electron chi connectivity index (χ0n) is 4.97. The van der Waals surface area contributed by atoms with Gasteiger partial charge in [0.15, 0.2) is 6.04 Å². The summed E-state index contributed by atoms with van der Waals surface area (Å²) >= 11 is 0. The van der Waals surface area contributed by atoms with Crippen molar-refractivity contribution in [2.24, 2.45) is 5.18 Å². The first kappa shape index (κ1) is 9.06. The Morgan fingerprint density at radius 1 is 1.50 bits per heavy atom. The minimum atomic E-state index is -4.95. The van der Waals surface area contributed by atoms with Gasteiger partial charge < -0.3 is 0 Å². The van der Waals surface area contributed by atoms with Gasteiger partial charge in [-0.1, -0.05) is 5.18 Å². The number of hydrogen-bond acceptors (Lipinski definition) is 3. The van der Waals surface area contributed by atoms with Crippen molar-refractivity contribution in [1.29, 1.82) is 0 Å². The second-order valence-electron chi connectivity index (χ2n) is 1.64. The lowest BCUT2D eigenvalue weighted by atomic mass is 10.2. The molecule has 0 rings (SSSR count). The van der Waals surface area contributed by atoms with Crippen LogP contribution in [0.2, 0.25) is 0 Å². The molecule has 0 amide bonds. The third-order valence-electron chi connectivity index (χ3n) is 0.817. The molecule has 0 aromatic carbocycles. The number of carbonyl (C=O) groups is 1. The summed E-state index contributed by atoms with van der Waals surface area (Å²) in [5.41, 5.74) is 0. The molecule has 0 aliphatic carbocycles. The van der Waals surface area contributed by atoms with Crippen LogP contribution in [0, 0.1) is 4.91 Å². The van der Waals surface area contributed by atoms with Crippen molar-refractivity contribution < 1.29 is 18.0 Å². The summed E-state index contributed by atoms with van der Waals surface area (Å²) < 4.78 is 34.0. The van der Waals surface area contributed by atoms with Crippen LogP contribution < -0.4 is 0 Å². The molecule has 0 aliphatic rings. The number of ketones is 1. The summed E-state index contributed by atoms with van der Waals surface area (Å²) in [5.74, 6) is -2.11. The maximum atomic E-state index is 11.3. The predicted octanol–water partition coefficient (Wildman–Crippen LogP) is 1.27. The molecule has 0 fully saturated rings. The van der Waals surface area contributed by atoms with E-state index in [1.807, 2.05) is 5.18 Å². The van der Waals surface area contributed by atoms with E-state index in [0.717, 1.165) is 6.92 Å². The molecule has 0 heterocycles. The van der Waals surface area contributed by atoms with Crippen molar-refractivity contribution in [2.75, 3.05) is 0 Å². The van der Waals surface area contributed by atoms with Gasteiger partial charge in [0, 0.05) is 0 Å². The molecule has 58 valence electrons. The zero-order chi connectivity index (χ0) is 8.36. The van der Waals surface area contributed by atoms with Gasteiger partial charge in [-0.3, -0.25) is 4.79 Å². The van der Waals surface area contributed by atoms with Crippen LogP contribution in [0.3, 0.4) is 0 Å². The average molecular weight is 155 g/mol. The molecule has 3 nitrogen and oxygen atoms in total. The Kier molecular flexibility index (Phi) is 2.50. The lowest BCUT2D eigenvalue weighted by molar-refractivity contribution is -0.171. The summed E-state index contributed by atoms with van der Waals surface area (Å²) in [5, 5.41) is 1.94. The highest BCUT2D eigenvalue weighted by atomic mass is 19.4. The van der Waals surface area contributed by atoms with Crippen molar-refractivity contribution >= 4 is 5.78 Å². The van der Waals surface area contributed by atoms with Crippen LogP contribution in [-0.2, 0) is 4.79 Å². The van der Waals surface area contributed by atoms with Gasteiger partial charge in [0.2, 0.25) is 0 Å². The summed E-state index contributed by atoms with van der Waals surface area (Å²) in [6, 6.07) is -1.83. The van der Waals surface area contributed by atoms with Crippen LogP contribution >= 0.6 is 0 Å². The number of nitroso groups, excluding NO2 is 1. The van der Waals surface area contributed by atoms with Gasteiger partial charge in [-0.2, -0.15) is 18.1 Å². The second-order valence-corrected chi connectivity index (χ2v) is 1.64. The Morgan fingerprint density at radius 3 is 2.00 bits per heavy atom. The van der Waals surface area contributed by atoms with Crippen LogP contribution in [0.1, 0.15) is 6.92 Å². The molecule has 0 aliphatic heterocycles. The van der Waals surface area contributed by atoms with Gasteiger partial charge >= 0.3 is 6.18 Å². The van der Waals surface area contributed by atoms with E-state index in [9.17, 15) is 22.9 Å². The Hall–Kier alpha value is -0.940. The average Bonchev–Trinajstić information content (AvgIpc) is 1.83. The molecule has 0 saturated heterocycles. The lowest BCUT2D eigenvalue weighted by Crippen LogP contribution is -2.31. The largest absolute Gasteiger partial charge is 0.452 e. The summed E-state index contributed by atoms with van der Waals surface area (Å²) in [4.78, 5) is 19.4. The predicted molar refractivity (Wildman–Crippen MR) is 26.3 cm³/mol. The summed E-state index contributed by atoms with van der Waals surface area (Å²) in [6.45, 7) is 0.794. The van der Waals surface area contributed by atoms with E-state index >= 15 is 0 Å². The molecule has 0 aromatic heterocycles. The van der Waals surface area contributed by atoms with Crippen LogP contribution in [0.4, 0.5) is 13.2 Å². The standard InChI is InChI=1S/C4H4F3NO2/c1-2(8-10)3(9)4(5,6)7/h2H,1H3. The van der Waals surface area contributed by atoms with Crippen LogP contribution in [0.15, 0.2) is 5.18 Å². The maximum absolute atomic E-state index is 11.3. The van der Waals surface area contributed by atoms with Crippen LogP contribution in [-0.4, -0.2) is 18.0 Å². The first-order valence-electron chi connectivity index (χ1n) is 2.33. The molecule has 0 bridgehead atoms. The van der Waals surface area contributed by atoms with Crippen molar-refractivity contribution in [3.8, 4) is 0 Å². The van der Waals surface area contributed by atoms with E-state index in [1.165, 1.54) is 0 Å². The Balaban J connectivity index is 4.22. The molecule has 0 N–H and O–H groups in total. The summed E-state index contributed by atoms with van der Waals surface area (Å²) in [7, 11) is 0. The van der Waals surface area contributed by atoms with Gasteiger partial charge in [0.25, 0.3) is 5.78 Å². The minimum absolute atomic E-state index is 0.794. The lowest BCUT2D eigenvalue weighted by Gasteiger charge is -2.04. The molecule has 10 heavy (non-hydrogen) atoms. The van der Waals surface area contributed by atoms with Gasteiger partial charge in [-0.05, 0) is 6.92 Å². The van der Waals surface area contributed by atoms with Gasteiger partial charge in [-0.25, -0.2) is 0 Å². The van der Waals surface area contributed by atoms with Crippen molar-refractivity contribution in [3.63, 3.8) is 0 Å². The third kappa shape index (κ3) is 2.12. The molecule has 0 aromatic rings. The highest BCUT2D eigenvalue weighted by Crippen LogP contribution is 2.18. The molecule has 1 atom stereocenters. The highest BCUT2D eigenvalue weighted by Gasteiger charge is 2.42. The van der Waals surface area contributed by atoms with Crippen LogP contribution in [0.5, 0.6) is 0 Å². The fraction of sp³-hybridized carbons (Fsp3) is 0.750. The Bertz CT molecular complexity index is 153. The Labute approximate surface area is 54.2 Å². The zero-order valence-corrected chi connectivity index (χ0v) is 4.97. The van der Waals surface area contributed by atoms with Crippen LogP contribution in [0.25, 0.3) is 0 Å². The monoisotopic (exact) mass is 155 g/mol. The fourth-order valence-electron chi connectivity index (χ4n) is 0.285. The number of hydrogen-bond donors (Lipinski definition) is 0. The SMILES string of the molecule is CC(N=O)C(=O)C(F)(F)F. The summed E-state index contributed by atoms with van der Waals surface area (Å²) in [6.07, 6.45) is -4.95. The van der Waals surface area contributed by atoms with E-state index in [1.54, 1.807) is 0 Å². The van der Waals surface area contributed by atoms with Gasteiger partial charge in [0.05, 0.1) is 0 Å². The molecule has 0 spiro atoms. The van der Waals surface area contributed by atoms with Crippen molar-refractivity contribution in [1.82, 2.24) is 0 Å². The van der Waals surface area contributed by atoms with E-state index in [-0.39, 0.29) is 0 Å². The number of halogens is 3. The van der Waals surface area contributed by atoms with E-state index < -0.39 is 18.0 Å². The first-order chi connectivity index (χ1) is 4.39. The van der Waals surface area contributed by atoms with E-state index in [4.69, 9.17) is 0 Å². The number of rotatable bonds is 2. The van der Waals surface area contributed by atoms with E-state index in [2.05, 4.69) is 0 Å². The van der Waals surface area contributed by atoms with Crippen molar-refractivity contribution in [3.05, 3.63) is 4.91 Å². The second kappa shape index (κ2) is 2.76. The number of Topliss-reactive ketones (excluding diaryl/α,β-unsaturated/α-hetero) is 1. The molecular formula is C4H4F3NO2. The molecule has 0 radical (unpaired) electrons. The molecule has 0 saturated carbocycles. The quantitative estimate of drug-likeness (QED) is 0.563. The highest BCUT2D eigenvalue weighted by molar-refractivity contribution is 5.88. The number of nitrogens with zero attached hydrogens (tertiary/aromatic N) is 1. The maximum Gasteiger partial charge on any atom is 0.452 e. The molecular weight excluding hydrogens is 151 g/mol. The van der Waals surface area contributed by atoms with Crippen molar-refractivity contribution in [2.45, 2.75) is 19.1 Å². The van der Waals surface area contributed by atoms with Gasteiger partial charge in [-0.15, -0.1) is 0 Å². The number of alkyl halides is 3. The van der Waals surface area contributed by atoms with Gasteiger partial charge in [0.1, 0.15) is 0 Å². The normalized spacial score (nSPS) is 14.4. The smallest absolute Gasteiger partial charge is 0.287 e. The third-order valence-corrected chi connectivity index (χ3v) is 0.817. The molecule has 6 heteroatoms. The minimum Gasteiger partial charge on any atom is -0.287 e.